The first-order valence-electron chi connectivity index (χ1n) is 6.11. The molecule has 1 amide bonds. The van der Waals surface area contributed by atoms with E-state index in [0.29, 0.717) is 18.0 Å². The second-order valence-electron chi connectivity index (χ2n) is 4.48. The quantitative estimate of drug-likeness (QED) is 0.685. The summed E-state index contributed by atoms with van der Waals surface area (Å²) in [4.78, 5) is 37.0. The lowest BCUT2D eigenvalue weighted by Gasteiger charge is -2.16. The van der Waals surface area contributed by atoms with Crippen LogP contribution in [0.4, 0.5) is 0 Å². The Labute approximate surface area is 121 Å². The van der Waals surface area contributed by atoms with E-state index in [1.807, 2.05) is 0 Å². The SMILES string of the molecule is CN(CCC(N)=S)C(=O)CCn1c(=O)ccn(C)c1=O. The van der Waals surface area contributed by atoms with Gasteiger partial charge in [-0.25, -0.2) is 4.79 Å². The highest BCUT2D eigenvalue weighted by Gasteiger charge is 2.11. The van der Waals surface area contributed by atoms with E-state index in [4.69, 9.17) is 18.0 Å². The molecule has 1 aromatic rings. The number of nitrogens with zero attached hydrogens (tertiary/aromatic N) is 3. The van der Waals surface area contributed by atoms with Crippen molar-refractivity contribution in [2.24, 2.45) is 12.8 Å². The summed E-state index contributed by atoms with van der Waals surface area (Å²) < 4.78 is 2.34. The van der Waals surface area contributed by atoms with Crippen LogP contribution < -0.4 is 17.0 Å². The molecule has 0 aliphatic heterocycles. The van der Waals surface area contributed by atoms with Crippen molar-refractivity contribution in [2.45, 2.75) is 19.4 Å². The number of aromatic nitrogens is 2. The van der Waals surface area contributed by atoms with Crippen molar-refractivity contribution in [2.75, 3.05) is 13.6 Å². The van der Waals surface area contributed by atoms with Crippen molar-refractivity contribution in [1.82, 2.24) is 14.0 Å². The number of rotatable bonds is 6. The molecule has 0 radical (unpaired) electrons. The third-order valence-electron chi connectivity index (χ3n) is 2.91. The van der Waals surface area contributed by atoms with Gasteiger partial charge in [-0.05, 0) is 0 Å². The third kappa shape index (κ3) is 4.30. The van der Waals surface area contributed by atoms with E-state index in [2.05, 4.69) is 0 Å². The molecule has 0 aliphatic rings. The fourth-order valence-electron chi connectivity index (χ4n) is 1.62. The van der Waals surface area contributed by atoms with Gasteiger partial charge in [0.05, 0.1) is 4.99 Å². The smallest absolute Gasteiger partial charge is 0.330 e. The molecule has 0 aromatic carbocycles. The summed E-state index contributed by atoms with van der Waals surface area (Å²) in [6, 6.07) is 1.29. The standard InChI is InChI=1S/C12H18N4O3S/c1-14(6-3-9(13)20)10(17)5-8-16-11(18)4-7-15(2)12(16)19/h4,7H,3,5-6,8H2,1-2H3,(H2,13,20). The van der Waals surface area contributed by atoms with Crippen LogP contribution >= 0.6 is 12.2 Å². The maximum atomic E-state index is 11.9. The molecular formula is C12H18N4O3S. The molecule has 2 N–H and O–H groups in total. The topological polar surface area (TPSA) is 90.3 Å². The molecule has 0 saturated heterocycles. The van der Waals surface area contributed by atoms with Gasteiger partial charge in [0.1, 0.15) is 0 Å². The largest absolute Gasteiger partial charge is 0.393 e. The molecule has 0 saturated carbocycles. The Bertz CT molecular complexity index is 620. The fourth-order valence-corrected chi connectivity index (χ4v) is 1.71. The van der Waals surface area contributed by atoms with E-state index in [0.717, 1.165) is 4.57 Å². The van der Waals surface area contributed by atoms with E-state index >= 15 is 0 Å². The van der Waals surface area contributed by atoms with Crippen molar-refractivity contribution < 1.29 is 4.79 Å². The van der Waals surface area contributed by atoms with Crippen LogP contribution in [0.15, 0.2) is 21.9 Å². The van der Waals surface area contributed by atoms with Gasteiger partial charge in [-0.3, -0.25) is 14.2 Å². The van der Waals surface area contributed by atoms with Crippen LogP contribution in [0.2, 0.25) is 0 Å². The predicted molar refractivity (Wildman–Crippen MR) is 79.6 cm³/mol. The van der Waals surface area contributed by atoms with Crippen LogP contribution in [0.3, 0.4) is 0 Å². The number of thiocarbonyl (C=S) groups is 1. The second-order valence-corrected chi connectivity index (χ2v) is 5.01. The number of amides is 1. The summed E-state index contributed by atoms with van der Waals surface area (Å²) in [7, 11) is 3.18. The van der Waals surface area contributed by atoms with Gasteiger partial charge in [0.15, 0.2) is 0 Å². The van der Waals surface area contributed by atoms with E-state index in [1.54, 1.807) is 14.1 Å². The van der Waals surface area contributed by atoms with E-state index in [-0.39, 0.29) is 18.9 Å². The first kappa shape index (κ1) is 16.1. The van der Waals surface area contributed by atoms with Gasteiger partial charge in [-0.2, -0.15) is 0 Å². The van der Waals surface area contributed by atoms with Crippen molar-refractivity contribution in [3.63, 3.8) is 0 Å². The lowest BCUT2D eigenvalue weighted by molar-refractivity contribution is -0.130. The highest BCUT2D eigenvalue weighted by molar-refractivity contribution is 7.80. The molecule has 7 nitrogen and oxygen atoms in total. The van der Waals surface area contributed by atoms with Crippen LogP contribution in [-0.4, -0.2) is 38.5 Å². The van der Waals surface area contributed by atoms with E-state index in [9.17, 15) is 14.4 Å². The zero-order valence-corrected chi connectivity index (χ0v) is 12.4. The molecule has 0 spiro atoms. The number of carbonyl (C=O) groups excluding carboxylic acids is 1. The number of nitrogens with two attached hydrogens (primary N) is 1. The maximum Gasteiger partial charge on any atom is 0.330 e. The third-order valence-corrected chi connectivity index (χ3v) is 3.11. The van der Waals surface area contributed by atoms with Gasteiger partial charge >= 0.3 is 5.69 Å². The maximum absolute atomic E-state index is 11.9. The minimum absolute atomic E-state index is 0.0581. The molecular weight excluding hydrogens is 280 g/mol. The van der Waals surface area contributed by atoms with E-state index in [1.165, 1.54) is 21.7 Å². The first-order chi connectivity index (χ1) is 9.32. The fraction of sp³-hybridized carbons (Fsp3) is 0.500. The minimum atomic E-state index is -0.434. The zero-order valence-electron chi connectivity index (χ0n) is 11.5. The number of aryl methyl sites for hydroxylation is 1. The lowest BCUT2D eigenvalue weighted by atomic mass is 10.3. The molecule has 0 bridgehead atoms. The Morgan fingerprint density at radius 1 is 1.40 bits per heavy atom. The normalized spacial score (nSPS) is 10.3. The lowest BCUT2D eigenvalue weighted by Crippen LogP contribution is -2.39. The summed E-state index contributed by atoms with van der Waals surface area (Å²) in [5, 5.41) is 0. The molecule has 1 rings (SSSR count). The van der Waals surface area contributed by atoms with Crippen LogP contribution in [0, 0.1) is 0 Å². The molecule has 0 aliphatic carbocycles. The highest BCUT2D eigenvalue weighted by Crippen LogP contribution is 1.95. The Morgan fingerprint density at radius 2 is 2.05 bits per heavy atom. The van der Waals surface area contributed by atoms with Crippen LogP contribution in [-0.2, 0) is 18.4 Å². The zero-order chi connectivity index (χ0) is 15.3. The number of hydrogen-bond donors (Lipinski definition) is 1. The molecule has 0 fully saturated rings. The number of hydrogen-bond acceptors (Lipinski definition) is 4. The Hall–Kier alpha value is -1.96. The van der Waals surface area contributed by atoms with E-state index < -0.39 is 11.2 Å². The highest BCUT2D eigenvalue weighted by atomic mass is 32.1. The Balaban J connectivity index is 2.66. The second kappa shape index (κ2) is 6.99. The van der Waals surface area contributed by atoms with Crippen LogP contribution in [0.1, 0.15) is 12.8 Å². The van der Waals surface area contributed by atoms with Gasteiger partial charge in [0.2, 0.25) is 5.91 Å². The molecule has 20 heavy (non-hydrogen) atoms. The molecule has 1 aromatic heterocycles. The summed E-state index contributed by atoms with van der Waals surface area (Å²) in [5.74, 6) is -0.168. The summed E-state index contributed by atoms with van der Waals surface area (Å²) in [5.41, 5.74) is 4.52. The predicted octanol–water partition coefficient (Wildman–Crippen LogP) is -0.928. The Morgan fingerprint density at radius 3 is 2.65 bits per heavy atom. The molecule has 1 heterocycles. The van der Waals surface area contributed by atoms with Gasteiger partial charge in [-0.15, -0.1) is 0 Å². The van der Waals surface area contributed by atoms with Crippen molar-refractivity contribution in [3.05, 3.63) is 33.1 Å². The van der Waals surface area contributed by atoms with Crippen LogP contribution in [0.25, 0.3) is 0 Å². The van der Waals surface area contributed by atoms with Gasteiger partial charge in [0.25, 0.3) is 5.56 Å². The average molecular weight is 298 g/mol. The first-order valence-corrected chi connectivity index (χ1v) is 6.52. The summed E-state index contributed by atoms with van der Waals surface area (Å²) in [6.07, 6.45) is 1.93. The summed E-state index contributed by atoms with van der Waals surface area (Å²) >= 11 is 4.74. The number of carbonyl (C=O) groups is 1. The Kier molecular flexibility index (Phi) is 5.63. The molecule has 0 unspecified atom stereocenters. The molecule has 8 heteroatoms. The van der Waals surface area contributed by atoms with Gasteiger partial charge in [-0.1, -0.05) is 12.2 Å². The van der Waals surface area contributed by atoms with Gasteiger partial charge in [0, 0.05) is 52.3 Å². The molecule has 0 atom stereocenters. The van der Waals surface area contributed by atoms with Crippen LogP contribution in [0.5, 0.6) is 0 Å². The van der Waals surface area contributed by atoms with Crippen molar-refractivity contribution in [3.8, 4) is 0 Å². The minimum Gasteiger partial charge on any atom is -0.393 e. The molecule has 110 valence electrons. The summed E-state index contributed by atoms with van der Waals surface area (Å²) in [6.45, 7) is 0.485. The van der Waals surface area contributed by atoms with Gasteiger partial charge < -0.3 is 15.2 Å². The average Bonchev–Trinajstić information content (AvgIpc) is 2.40. The van der Waals surface area contributed by atoms with Crippen molar-refractivity contribution >= 4 is 23.1 Å². The monoisotopic (exact) mass is 298 g/mol. The van der Waals surface area contributed by atoms with Crippen molar-refractivity contribution in [1.29, 1.82) is 0 Å².